The lowest BCUT2D eigenvalue weighted by Gasteiger charge is -2.21. The van der Waals surface area contributed by atoms with E-state index in [1.165, 1.54) is 0 Å². The van der Waals surface area contributed by atoms with Crippen LogP contribution in [0.5, 0.6) is 0 Å². The van der Waals surface area contributed by atoms with Gasteiger partial charge in [0.05, 0.1) is 22.2 Å². The summed E-state index contributed by atoms with van der Waals surface area (Å²) in [6.45, 7) is 7.48. The second kappa shape index (κ2) is 12.2. The van der Waals surface area contributed by atoms with E-state index in [0.717, 1.165) is 70.8 Å². The predicted molar refractivity (Wildman–Crippen MR) is 179 cm³/mol. The number of anilines is 1. The highest BCUT2D eigenvalue weighted by molar-refractivity contribution is 6.34. The summed E-state index contributed by atoms with van der Waals surface area (Å²) < 4.78 is 8.10. The summed E-state index contributed by atoms with van der Waals surface area (Å²) in [4.78, 5) is 43.2. The Morgan fingerprint density at radius 2 is 1.87 bits per heavy atom. The number of carbonyl (C=O) groups excluding carboxylic acids is 1. The highest BCUT2D eigenvalue weighted by Gasteiger charge is 2.28. The molecule has 2 aliphatic heterocycles. The van der Waals surface area contributed by atoms with Gasteiger partial charge in [0, 0.05) is 69.0 Å². The number of likely N-dealkylation sites (N-methyl/N-ethyl adjacent to an activating group) is 1. The van der Waals surface area contributed by atoms with E-state index in [2.05, 4.69) is 32.1 Å². The molecule has 2 N–H and O–H groups in total. The number of likely N-dealkylation sites (tertiary alicyclic amines) is 1. The third-order valence-corrected chi connectivity index (χ3v) is 9.78. The summed E-state index contributed by atoms with van der Waals surface area (Å²) in [6.07, 6.45) is 5.04. The van der Waals surface area contributed by atoms with Gasteiger partial charge in [0.1, 0.15) is 5.52 Å². The van der Waals surface area contributed by atoms with Gasteiger partial charge in [-0.15, -0.1) is 0 Å². The topological polar surface area (TPSA) is 130 Å². The highest BCUT2D eigenvalue weighted by Crippen LogP contribution is 2.37. The molecule has 0 spiro atoms. The predicted octanol–water partition coefficient (Wildman–Crippen LogP) is 5.71. The standard InChI is InChI=1S/C35H36ClN7O4/c1-19-24(23-6-5-7-27(20(23)2)39-33(44)32-38-29-18-41(3)10-9-30(29)42(32)4)14-37-15-25(19)34-40-28-13-21(12-26(36)31(28)47-34)16-43-11-8-22(17-43)35(45)46/h5-7,12-15,22H,8-11,16-18H2,1-4H3,(H,39,44)(H,45,46)/t22-/m1/s1. The molecule has 47 heavy (non-hydrogen) atoms. The number of pyridine rings is 1. The van der Waals surface area contributed by atoms with Crippen molar-refractivity contribution in [2.45, 2.75) is 39.8 Å². The molecular formula is C35H36ClN7O4. The summed E-state index contributed by atoms with van der Waals surface area (Å²) >= 11 is 6.66. The van der Waals surface area contributed by atoms with Gasteiger partial charge in [-0.05, 0) is 74.3 Å². The van der Waals surface area contributed by atoms with Crippen LogP contribution < -0.4 is 5.32 Å². The van der Waals surface area contributed by atoms with Gasteiger partial charge in [-0.3, -0.25) is 19.5 Å². The number of fused-ring (bicyclic) bond motifs is 2. The van der Waals surface area contributed by atoms with Gasteiger partial charge in [0.15, 0.2) is 11.4 Å². The van der Waals surface area contributed by atoms with Crippen LogP contribution in [-0.2, 0) is 31.4 Å². The van der Waals surface area contributed by atoms with Crippen LogP contribution in [0.25, 0.3) is 33.7 Å². The van der Waals surface area contributed by atoms with Crippen LogP contribution in [-0.4, -0.2) is 73.0 Å². The monoisotopic (exact) mass is 653 g/mol. The molecule has 5 aromatic rings. The number of hydrogen-bond donors (Lipinski definition) is 2. The summed E-state index contributed by atoms with van der Waals surface area (Å²) in [5.41, 5.74) is 9.20. The fraction of sp³-hybridized carbons (Fsp3) is 0.343. The molecule has 11 nitrogen and oxygen atoms in total. The van der Waals surface area contributed by atoms with Crippen LogP contribution in [0.1, 0.15) is 45.1 Å². The number of hydrogen-bond acceptors (Lipinski definition) is 8. The maximum absolute atomic E-state index is 13.4. The quantitative estimate of drug-likeness (QED) is 0.227. The number of nitrogens with zero attached hydrogens (tertiary/aromatic N) is 6. The fourth-order valence-electron chi connectivity index (χ4n) is 6.80. The Morgan fingerprint density at radius 1 is 1.06 bits per heavy atom. The van der Waals surface area contributed by atoms with Crippen molar-refractivity contribution in [2.75, 3.05) is 32.0 Å². The molecule has 5 heterocycles. The third kappa shape index (κ3) is 5.79. The SMILES string of the molecule is Cc1c(NC(=O)c2nc3c(n2C)CCN(C)C3)cccc1-c1cncc(-c2nc3cc(CN4CC[C@@H](C(=O)O)C4)cc(Cl)c3o2)c1C. The molecule has 0 bridgehead atoms. The van der Waals surface area contributed by atoms with E-state index in [1.807, 2.05) is 62.0 Å². The first kappa shape index (κ1) is 31.0. The Morgan fingerprint density at radius 3 is 2.66 bits per heavy atom. The van der Waals surface area contributed by atoms with E-state index < -0.39 is 5.97 Å². The number of aromatic nitrogens is 4. The largest absolute Gasteiger partial charge is 0.481 e. The Kier molecular flexibility index (Phi) is 8.07. The number of rotatable bonds is 7. The molecular weight excluding hydrogens is 618 g/mol. The molecule has 1 saturated heterocycles. The number of benzene rings is 2. The number of carboxylic acids is 1. The van der Waals surface area contributed by atoms with Gasteiger partial charge >= 0.3 is 5.97 Å². The third-order valence-electron chi connectivity index (χ3n) is 9.50. The Bertz CT molecular complexity index is 2050. The first-order valence-corrected chi connectivity index (χ1v) is 16.1. The van der Waals surface area contributed by atoms with Gasteiger partial charge in [0.2, 0.25) is 5.89 Å². The zero-order chi connectivity index (χ0) is 33.0. The summed E-state index contributed by atoms with van der Waals surface area (Å²) in [6, 6.07) is 9.63. The van der Waals surface area contributed by atoms with Gasteiger partial charge in [0.25, 0.3) is 5.91 Å². The lowest BCUT2D eigenvalue weighted by atomic mass is 9.95. The maximum Gasteiger partial charge on any atom is 0.307 e. The minimum Gasteiger partial charge on any atom is -0.481 e. The van der Waals surface area contributed by atoms with Crippen molar-refractivity contribution in [3.8, 4) is 22.6 Å². The Hall–Kier alpha value is -4.58. The fourth-order valence-corrected chi connectivity index (χ4v) is 7.08. The molecule has 242 valence electrons. The molecule has 12 heteroatoms. The second-order valence-corrected chi connectivity index (χ2v) is 13.1. The van der Waals surface area contributed by atoms with Crippen LogP contribution in [0.3, 0.4) is 0 Å². The zero-order valence-corrected chi connectivity index (χ0v) is 27.6. The molecule has 1 fully saturated rings. The lowest BCUT2D eigenvalue weighted by Crippen LogP contribution is -2.27. The number of amides is 1. The van der Waals surface area contributed by atoms with Crippen LogP contribution in [0, 0.1) is 19.8 Å². The molecule has 2 aromatic carbocycles. The van der Waals surface area contributed by atoms with Crippen molar-refractivity contribution in [3.05, 3.63) is 81.7 Å². The smallest absolute Gasteiger partial charge is 0.307 e. The van der Waals surface area contributed by atoms with Crippen molar-refractivity contribution in [1.29, 1.82) is 0 Å². The molecule has 0 radical (unpaired) electrons. The van der Waals surface area contributed by atoms with Gasteiger partial charge in [-0.25, -0.2) is 9.97 Å². The molecule has 1 amide bonds. The normalized spacial score (nSPS) is 16.9. The molecule has 0 aliphatic carbocycles. The van der Waals surface area contributed by atoms with Crippen molar-refractivity contribution >= 4 is 40.3 Å². The number of oxazole rings is 1. The second-order valence-electron chi connectivity index (χ2n) is 12.7. The van der Waals surface area contributed by atoms with Crippen LogP contribution in [0.15, 0.2) is 47.1 Å². The van der Waals surface area contributed by atoms with E-state index in [9.17, 15) is 14.7 Å². The minimum atomic E-state index is -0.754. The van der Waals surface area contributed by atoms with E-state index in [1.54, 1.807) is 6.20 Å². The molecule has 0 unspecified atom stereocenters. The Balaban J connectivity index is 1.15. The zero-order valence-electron chi connectivity index (χ0n) is 26.8. The van der Waals surface area contributed by atoms with E-state index in [0.29, 0.717) is 53.0 Å². The van der Waals surface area contributed by atoms with Gasteiger partial charge < -0.3 is 24.3 Å². The summed E-state index contributed by atoms with van der Waals surface area (Å²) in [5, 5.41) is 12.9. The molecule has 0 saturated carbocycles. The van der Waals surface area contributed by atoms with Crippen molar-refractivity contribution in [2.24, 2.45) is 13.0 Å². The van der Waals surface area contributed by atoms with Crippen LogP contribution >= 0.6 is 11.6 Å². The number of carbonyl (C=O) groups is 2. The first-order valence-electron chi connectivity index (χ1n) is 15.7. The number of aliphatic carboxylic acids is 1. The molecule has 7 rings (SSSR count). The summed E-state index contributed by atoms with van der Waals surface area (Å²) in [5.74, 6) is -0.537. The van der Waals surface area contributed by atoms with E-state index >= 15 is 0 Å². The summed E-state index contributed by atoms with van der Waals surface area (Å²) in [7, 11) is 3.96. The minimum absolute atomic E-state index is 0.248. The van der Waals surface area contributed by atoms with Crippen molar-refractivity contribution < 1.29 is 19.1 Å². The number of imidazole rings is 1. The van der Waals surface area contributed by atoms with Crippen molar-refractivity contribution in [1.82, 2.24) is 29.3 Å². The average Bonchev–Trinajstić information content (AvgIpc) is 3.76. The van der Waals surface area contributed by atoms with Gasteiger partial charge in [-0.2, -0.15) is 0 Å². The van der Waals surface area contributed by atoms with E-state index in [-0.39, 0.29) is 11.8 Å². The van der Waals surface area contributed by atoms with Crippen LogP contribution in [0.4, 0.5) is 5.69 Å². The number of carboxylic acid groups (broad SMARTS) is 1. The van der Waals surface area contributed by atoms with Crippen molar-refractivity contribution in [3.63, 3.8) is 0 Å². The Labute approximate surface area is 277 Å². The molecule has 2 aliphatic rings. The first-order chi connectivity index (χ1) is 22.6. The number of halogens is 1. The lowest BCUT2D eigenvalue weighted by molar-refractivity contribution is -0.141. The van der Waals surface area contributed by atoms with Gasteiger partial charge in [-0.1, -0.05) is 23.7 Å². The molecule has 1 atom stereocenters. The van der Waals surface area contributed by atoms with Crippen LogP contribution in [0.2, 0.25) is 5.02 Å². The average molecular weight is 654 g/mol. The maximum atomic E-state index is 13.4. The van der Waals surface area contributed by atoms with E-state index in [4.69, 9.17) is 21.0 Å². The molecule has 3 aromatic heterocycles. The number of nitrogens with one attached hydrogen (secondary N) is 1. The highest BCUT2D eigenvalue weighted by atomic mass is 35.5.